The summed E-state index contributed by atoms with van der Waals surface area (Å²) in [5.74, 6) is 0.00899. The lowest BCUT2D eigenvalue weighted by molar-refractivity contribution is 0.478. The molecule has 0 atom stereocenters. The summed E-state index contributed by atoms with van der Waals surface area (Å²) in [6, 6.07) is 6.74. The largest absolute Gasteiger partial charge is 0.506 e. The Morgan fingerprint density at radius 2 is 2.14 bits per heavy atom. The first-order chi connectivity index (χ1) is 6.70. The molecule has 1 aromatic carbocycles. The molecule has 0 saturated heterocycles. The van der Waals surface area contributed by atoms with E-state index in [1.807, 2.05) is 6.07 Å². The van der Waals surface area contributed by atoms with Gasteiger partial charge in [0.15, 0.2) is 0 Å². The van der Waals surface area contributed by atoms with Crippen LogP contribution in [0, 0.1) is 11.3 Å². The maximum Gasteiger partial charge on any atom is 0.140 e. The van der Waals surface area contributed by atoms with Gasteiger partial charge >= 0.3 is 0 Å². The van der Waals surface area contributed by atoms with E-state index >= 15 is 0 Å². The number of nitriles is 1. The summed E-state index contributed by atoms with van der Waals surface area (Å²) in [4.78, 5) is 4.02. The molecular weight excluding hydrogens is 178 g/mol. The third kappa shape index (κ3) is 1.21. The van der Waals surface area contributed by atoms with Crippen LogP contribution in [0.25, 0.3) is 10.9 Å². The van der Waals surface area contributed by atoms with Gasteiger partial charge in [0.1, 0.15) is 11.8 Å². The summed E-state index contributed by atoms with van der Waals surface area (Å²) in [6.07, 6.45) is 1.46. The molecule has 1 aromatic heterocycles. The lowest BCUT2D eigenvalue weighted by Gasteiger charge is -2.01. The molecule has 0 radical (unpaired) electrons. The fourth-order valence-corrected chi connectivity index (χ4v) is 1.24. The number of anilines is 1. The Morgan fingerprint density at radius 1 is 1.36 bits per heavy atom. The average molecular weight is 185 g/mol. The van der Waals surface area contributed by atoms with Crippen molar-refractivity contribution in [3.05, 3.63) is 30.0 Å². The van der Waals surface area contributed by atoms with Gasteiger partial charge in [0.2, 0.25) is 0 Å². The molecule has 4 nitrogen and oxygen atoms in total. The first-order valence-electron chi connectivity index (χ1n) is 3.99. The van der Waals surface area contributed by atoms with Crippen molar-refractivity contribution in [2.24, 2.45) is 0 Å². The number of phenolic OH excluding ortho intramolecular Hbond substituents is 1. The Kier molecular flexibility index (Phi) is 1.72. The molecule has 2 rings (SSSR count). The minimum atomic E-state index is 0.00899. The number of hydrogen-bond donors (Lipinski definition) is 2. The quantitative estimate of drug-likeness (QED) is 0.480. The van der Waals surface area contributed by atoms with Gasteiger partial charge in [0.25, 0.3) is 0 Å². The van der Waals surface area contributed by atoms with E-state index in [0.29, 0.717) is 11.1 Å². The Bertz CT molecular complexity index is 543. The van der Waals surface area contributed by atoms with Crippen LogP contribution in [0.2, 0.25) is 0 Å². The van der Waals surface area contributed by atoms with E-state index in [-0.39, 0.29) is 11.4 Å². The number of fused-ring (bicyclic) bond motifs is 1. The number of pyridine rings is 1. The molecule has 0 amide bonds. The number of nitrogens with zero attached hydrogens (tertiary/aromatic N) is 2. The van der Waals surface area contributed by atoms with Crippen molar-refractivity contribution in [1.29, 1.82) is 5.26 Å². The number of hydrogen-bond acceptors (Lipinski definition) is 4. The van der Waals surface area contributed by atoms with Crippen molar-refractivity contribution in [3.63, 3.8) is 0 Å². The van der Waals surface area contributed by atoms with Gasteiger partial charge in [0, 0.05) is 17.6 Å². The molecule has 0 fully saturated rings. The van der Waals surface area contributed by atoms with Gasteiger partial charge in [-0.15, -0.1) is 0 Å². The van der Waals surface area contributed by atoms with Crippen LogP contribution in [0.15, 0.2) is 24.4 Å². The first-order valence-corrected chi connectivity index (χ1v) is 3.99. The van der Waals surface area contributed by atoms with Crippen LogP contribution in [0.3, 0.4) is 0 Å². The molecule has 0 aliphatic rings. The van der Waals surface area contributed by atoms with E-state index in [1.165, 1.54) is 12.3 Å². The van der Waals surface area contributed by atoms with Crippen LogP contribution in [-0.2, 0) is 0 Å². The fourth-order valence-electron chi connectivity index (χ4n) is 1.24. The van der Waals surface area contributed by atoms with Crippen LogP contribution in [0.5, 0.6) is 5.75 Å². The van der Waals surface area contributed by atoms with Gasteiger partial charge in [-0.3, -0.25) is 4.98 Å². The van der Waals surface area contributed by atoms with Gasteiger partial charge in [0.05, 0.1) is 16.8 Å². The monoisotopic (exact) mass is 185 g/mol. The van der Waals surface area contributed by atoms with E-state index in [9.17, 15) is 5.11 Å². The summed E-state index contributed by atoms with van der Waals surface area (Å²) < 4.78 is 0. The fraction of sp³-hybridized carbons (Fsp3) is 0. The van der Waals surface area contributed by atoms with Gasteiger partial charge in [-0.1, -0.05) is 0 Å². The van der Waals surface area contributed by atoms with Crippen molar-refractivity contribution in [2.45, 2.75) is 0 Å². The van der Waals surface area contributed by atoms with E-state index in [0.717, 1.165) is 5.39 Å². The van der Waals surface area contributed by atoms with Crippen molar-refractivity contribution in [2.75, 3.05) is 5.73 Å². The number of aromatic nitrogens is 1. The third-order valence-electron chi connectivity index (χ3n) is 1.96. The number of nitrogens with two attached hydrogens (primary N) is 1. The zero-order valence-corrected chi connectivity index (χ0v) is 7.23. The highest BCUT2D eigenvalue weighted by Crippen LogP contribution is 2.25. The van der Waals surface area contributed by atoms with E-state index < -0.39 is 0 Å². The number of nitrogen functional groups attached to an aromatic ring is 1. The summed E-state index contributed by atoms with van der Waals surface area (Å²) in [7, 11) is 0. The van der Waals surface area contributed by atoms with Crippen molar-refractivity contribution in [3.8, 4) is 11.8 Å². The maximum absolute atomic E-state index is 9.31. The standard InChI is InChI=1S/C10H7N3O/c11-4-6-1-7-2-8(12)10(14)3-9(7)13-5-6/h1-3,5,14H,12H2. The van der Waals surface area contributed by atoms with Crippen LogP contribution < -0.4 is 5.73 Å². The number of aromatic hydroxyl groups is 1. The summed E-state index contributed by atoms with van der Waals surface area (Å²) >= 11 is 0. The van der Waals surface area contributed by atoms with E-state index in [1.54, 1.807) is 12.1 Å². The van der Waals surface area contributed by atoms with E-state index in [4.69, 9.17) is 11.0 Å². The molecule has 0 aliphatic carbocycles. The molecule has 0 spiro atoms. The van der Waals surface area contributed by atoms with Gasteiger partial charge in [-0.2, -0.15) is 5.26 Å². The van der Waals surface area contributed by atoms with Crippen LogP contribution >= 0.6 is 0 Å². The van der Waals surface area contributed by atoms with Crippen LogP contribution in [0.1, 0.15) is 5.56 Å². The summed E-state index contributed by atoms with van der Waals surface area (Å²) in [6.45, 7) is 0. The molecule has 0 aliphatic heterocycles. The van der Waals surface area contributed by atoms with Crippen molar-refractivity contribution >= 4 is 16.6 Å². The average Bonchev–Trinajstić information content (AvgIpc) is 2.19. The molecule has 4 heteroatoms. The minimum absolute atomic E-state index is 0.00899. The molecule has 0 saturated carbocycles. The summed E-state index contributed by atoms with van der Waals surface area (Å²) in [5.41, 5.74) is 6.90. The van der Waals surface area contributed by atoms with Gasteiger partial charge in [-0.05, 0) is 12.1 Å². The molecule has 2 aromatic rings. The molecule has 0 bridgehead atoms. The molecular formula is C10H7N3O. The summed E-state index contributed by atoms with van der Waals surface area (Å²) in [5, 5.41) is 18.7. The molecule has 3 N–H and O–H groups in total. The Hall–Kier alpha value is -2.28. The number of rotatable bonds is 0. The molecule has 14 heavy (non-hydrogen) atoms. The van der Waals surface area contributed by atoms with Crippen LogP contribution in [-0.4, -0.2) is 10.1 Å². The Morgan fingerprint density at radius 3 is 2.86 bits per heavy atom. The Labute approximate surface area is 80.2 Å². The van der Waals surface area contributed by atoms with E-state index in [2.05, 4.69) is 4.98 Å². The smallest absolute Gasteiger partial charge is 0.140 e. The highest BCUT2D eigenvalue weighted by molar-refractivity contribution is 5.85. The lowest BCUT2D eigenvalue weighted by Crippen LogP contribution is -1.88. The number of phenols is 1. The molecule has 1 heterocycles. The second-order valence-corrected chi connectivity index (χ2v) is 2.94. The van der Waals surface area contributed by atoms with Gasteiger partial charge < -0.3 is 10.8 Å². The highest BCUT2D eigenvalue weighted by atomic mass is 16.3. The van der Waals surface area contributed by atoms with Crippen molar-refractivity contribution < 1.29 is 5.11 Å². The predicted molar refractivity (Wildman–Crippen MR) is 52.5 cm³/mol. The lowest BCUT2D eigenvalue weighted by atomic mass is 10.1. The second-order valence-electron chi connectivity index (χ2n) is 2.94. The zero-order chi connectivity index (χ0) is 10.1. The Balaban J connectivity index is 2.78. The third-order valence-corrected chi connectivity index (χ3v) is 1.96. The number of benzene rings is 1. The maximum atomic E-state index is 9.31. The normalized spacial score (nSPS) is 9.93. The highest BCUT2D eigenvalue weighted by Gasteiger charge is 2.02. The molecule has 68 valence electrons. The first kappa shape index (κ1) is 8.32. The SMILES string of the molecule is N#Cc1cnc2cc(O)c(N)cc2c1. The predicted octanol–water partition coefficient (Wildman–Crippen LogP) is 1.39. The van der Waals surface area contributed by atoms with Crippen molar-refractivity contribution in [1.82, 2.24) is 4.98 Å². The zero-order valence-electron chi connectivity index (χ0n) is 7.23. The topological polar surface area (TPSA) is 82.9 Å². The van der Waals surface area contributed by atoms with Gasteiger partial charge in [-0.25, -0.2) is 0 Å². The second kappa shape index (κ2) is 2.89. The minimum Gasteiger partial charge on any atom is -0.506 e. The molecule has 0 unspecified atom stereocenters. The van der Waals surface area contributed by atoms with Crippen LogP contribution in [0.4, 0.5) is 5.69 Å².